The van der Waals surface area contributed by atoms with Gasteiger partial charge in [0.1, 0.15) is 0 Å². The van der Waals surface area contributed by atoms with Crippen molar-refractivity contribution in [2.75, 3.05) is 20.1 Å². The monoisotopic (exact) mass is 274 g/mol. The molecule has 2 spiro atoms. The molecular formula is C18H30N2. The van der Waals surface area contributed by atoms with E-state index in [2.05, 4.69) is 49.8 Å². The summed E-state index contributed by atoms with van der Waals surface area (Å²) in [5, 5.41) is 0. The summed E-state index contributed by atoms with van der Waals surface area (Å²) in [4.78, 5) is 5.46. The van der Waals surface area contributed by atoms with E-state index < -0.39 is 0 Å². The number of hydrogen-bond donors (Lipinski definition) is 0. The number of nitrogens with zero attached hydrogens (tertiary/aromatic N) is 2. The highest BCUT2D eigenvalue weighted by Gasteiger charge is 2.80. The fraction of sp³-hybridized carbons (Fsp3) is 0.889. The second-order valence-electron chi connectivity index (χ2n) is 8.12. The van der Waals surface area contributed by atoms with Crippen molar-refractivity contribution in [3.8, 4) is 0 Å². The minimum atomic E-state index is 0.595. The SMILES string of the molecule is CCC1CC12CN([C@@H]1CN(C)[C@H](C)C=C[C@H]1C)C21CC1. The molecule has 0 amide bonds. The van der Waals surface area contributed by atoms with E-state index in [0.717, 1.165) is 17.4 Å². The molecule has 4 rings (SSSR count). The molecule has 1 saturated heterocycles. The molecule has 2 heterocycles. The molecule has 20 heavy (non-hydrogen) atoms. The molecule has 2 heteroatoms. The predicted molar refractivity (Wildman–Crippen MR) is 83.7 cm³/mol. The van der Waals surface area contributed by atoms with Crippen LogP contribution in [-0.2, 0) is 0 Å². The van der Waals surface area contributed by atoms with Crippen LogP contribution >= 0.6 is 0 Å². The van der Waals surface area contributed by atoms with Crippen LogP contribution in [0.3, 0.4) is 0 Å². The lowest BCUT2D eigenvalue weighted by atomic mass is 9.76. The Labute approximate surface area is 124 Å². The van der Waals surface area contributed by atoms with E-state index in [1.807, 2.05) is 0 Å². The summed E-state index contributed by atoms with van der Waals surface area (Å²) >= 11 is 0. The predicted octanol–water partition coefficient (Wildman–Crippen LogP) is 3.15. The quantitative estimate of drug-likeness (QED) is 0.714. The van der Waals surface area contributed by atoms with Crippen LogP contribution in [0.25, 0.3) is 0 Å². The van der Waals surface area contributed by atoms with Gasteiger partial charge in [0.15, 0.2) is 0 Å². The second-order valence-corrected chi connectivity index (χ2v) is 8.12. The van der Waals surface area contributed by atoms with Crippen LogP contribution < -0.4 is 0 Å². The topological polar surface area (TPSA) is 6.48 Å². The summed E-state index contributed by atoms with van der Waals surface area (Å²) in [5.74, 6) is 1.76. The van der Waals surface area contributed by atoms with Gasteiger partial charge in [0.25, 0.3) is 0 Å². The Hall–Kier alpha value is -0.340. The third-order valence-electron chi connectivity index (χ3n) is 7.25. The van der Waals surface area contributed by atoms with E-state index in [9.17, 15) is 0 Å². The summed E-state index contributed by atoms with van der Waals surface area (Å²) < 4.78 is 0. The molecule has 0 N–H and O–H groups in total. The maximum absolute atomic E-state index is 2.92. The molecule has 2 nitrogen and oxygen atoms in total. The third-order valence-corrected chi connectivity index (χ3v) is 7.25. The first-order valence-corrected chi connectivity index (χ1v) is 8.69. The largest absolute Gasteiger partial charge is 0.299 e. The lowest BCUT2D eigenvalue weighted by Gasteiger charge is -2.56. The maximum atomic E-state index is 2.92. The molecule has 2 saturated carbocycles. The number of hydrogen-bond acceptors (Lipinski definition) is 2. The van der Waals surface area contributed by atoms with E-state index in [1.54, 1.807) is 0 Å². The molecule has 3 fully saturated rings. The molecule has 4 aliphatic rings. The van der Waals surface area contributed by atoms with Crippen LogP contribution in [0, 0.1) is 17.3 Å². The summed E-state index contributed by atoms with van der Waals surface area (Å²) in [5.41, 5.74) is 1.41. The molecular weight excluding hydrogens is 244 g/mol. The second kappa shape index (κ2) is 4.10. The summed E-state index contributed by atoms with van der Waals surface area (Å²) in [6, 6.07) is 1.34. The van der Waals surface area contributed by atoms with Gasteiger partial charge in [-0.05, 0) is 45.1 Å². The minimum absolute atomic E-state index is 0.595. The van der Waals surface area contributed by atoms with Crippen LogP contribution in [0.4, 0.5) is 0 Å². The molecule has 0 aromatic carbocycles. The number of likely N-dealkylation sites (N-methyl/N-ethyl adjacent to an activating group) is 1. The van der Waals surface area contributed by atoms with Crippen LogP contribution in [0.5, 0.6) is 0 Å². The first-order chi connectivity index (χ1) is 9.54. The molecule has 0 bridgehead atoms. The van der Waals surface area contributed by atoms with E-state index in [-0.39, 0.29) is 0 Å². The molecule has 0 aromatic rings. The van der Waals surface area contributed by atoms with E-state index in [4.69, 9.17) is 0 Å². The Morgan fingerprint density at radius 3 is 2.55 bits per heavy atom. The van der Waals surface area contributed by atoms with Gasteiger partial charge in [0.05, 0.1) is 0 Å². The highest BCUT2D eigenvalue weighted by atomic mass is 15.4. The van der Waals surface area contributed by atoms with Gasteiger partial charge in [-0.3, -0.25) is 9.80 Å². The van der Waals surface area contributed by atoms with Crippen LogP contribution in [0.15, 0.2) is 12.2 Å². The molecule has 2 aliphatic heterocycles. The van der Waals surface area contributed by atoms with Gasteiger partial charge in [0.2, 0.25) is 0 Å². The average Bonchev–Trinajstić information content (AvgIpc) is 3.29. The zero-order valence-electron chi connectivity index (χ0n) is 13.6. The Kier molecular flexibility index (Phi) is 2.74. The van der Waals surface area contributed by atoms with Gasteiger partial charge in [-0.15, -0.1) is 0 Å². The van der Waals surface area contributed by atoms with Crippen molar-refractivity contribution in [2.45, 2.75) is 64.1 Å². The standard InChI is InChI=1S/C18H30N2/c1-5-15-10-17(15)12-20(18(17)8-9-18)16-11-19(4)14(3)7-6-13(16)2/h6-7,13-16H,5,8-12H2,1-4H3/t13-,14-,15?,16-,17?/m1/s1. The highest BCUT2D eigenvalue weighted by Crippen LogP contribution is 2.77. The van der Waals surface area contributed by atoms with Gasteiger partial charge in [0, 0.05) is 36.1 Å². The zero-order valence-corrected chi connectivity index (χ0v) is 13.6. The van der Waals surface area contributed by atoms with Gasteiger partial charge in [-0.1, -0.05) is 32.4 Å². The van der Waals surface area contributed by atoms with Crippen molar-refractivity contribution in [1.82, 2.24) is 9.80 Å². The Bertz CT molecular complexity index is 439. The van der Waals surface area contributed by atoms with Crippen molar-refractivity contribution in [3.63, 3.8) is 0 Å². The molecule has 5 atom stereocenters. The Morgan fingerprint density at radius 2 is 1.95 bits per heavy atom. The molecule has 0 radical (unpaired) electrons. The first kappa shape index (κ1) is 13.3. The fourth-order valence-corrected chi connectivity index (χ4v) is 5.44. The van der Waals surface area contributed by atoms with Crippen molar-refractivity contribution in [2.24, 2.45) is 17.3 Å². The van der Waals surface area contributed by atoms with E-state index >= 15 is 0 Å². The van der Waals surface area contributed by atoms with Crippen LogP contribution in [-0.4, -0.2) is 47.6 Å². The minimum Gasteiger partial charge on any atom is -0.299 e. The van der Waals surface area contributed by atoms with Crippen LogP contribution in [0.1, 0.15) is 46.5 Å². The Balaban J connectivity index is 1.53. The summed E-state index contributed by atoms with van der Waals surface area (Å²) in [6.45, 7) is 9.79. The van der Waals surface area contributed by atoms with Crippen molar-refractivity contribution < 1.29 is 0 Å². The van der Waals surface area contributed by atoms with Crippen molar-refractivity contribution in [3.05, 3.63) is 12.2 Å². The van der Waals surface area contributed by atoms with Crippen molar-refractivity contribution >= 4 is 0 Å². The summed E-state index contributed by atoms with van der Waals surface area (Å²) in [7, 11) is 2.29. The maximum Gasteiger partial charge on any atom is 0.0289 e. The smallest absolute Gasteiger partial charge is 0.0289 e. The van der Waals surface area contributed by atoms with Crippen molar-refractivity contribution in [1.29, 1.82) is 0 Å². The van der Waals surface area contributed by atoms with E-state index in [1.165, 1.54) is 38.8 Å². The lowest BCUT2D eigenvalue weighted by molar-refractivity contribution is -0.0851. The fourth-order valence-electron chi connectivity index (χ4n) is 5.44. The Morgan fingerprint density at radius 1 is 1.20 bits per heavy atom. The number of likely N-dealkylation sites (tertiary alicyclic amines) is 1. The molecule has 2 unspecified atom stereocenters. The third kappa shape index (κ3) is 1.53. The van der Waals surface area contributed by atoms with E-state index in [0.29, 0.717) is 17.5 Å². The van der Waals surface area contributed by atoms with Gasteiger partial charge < -0.3 is 0 Å². The number of fused-ring (bicyclic) bond motifs is 1. The summed E-state index contributed by atoms with van der Waals surface area (Å²) in [6.07, 6.45) is 10.8. The van der Waals surface area contributed by atoms with Gasteiger partial charge in [-0.25, -0.2) is 0 Å². The highest BCUT2D eigenvalue weighted by molar-refractivity contribution is 5.33. The van der Waals surface area contributed by atoms with Gasteiger partial charge >= 0.3 is 0 Å². The zero-order chi connectivity index (χ0) is 14.1. The average molecular weight is 274 g/mol. The van der Waals surface area contributed by atoms with Crippen LogP contribution in [0.2, 0.25) is 0 Å². The molecule has 2 aliphatic carbocycles. The molecule has 0 aromatic heterocycles. The first-order valence-electron chi connectivity index (χ1n) is 8.69. The van der Waals surface area contributed by atoms with Gasteiger partial charge in [-0.2, -0.15) is 0 Å². The number of rotatable bonds is 2. The normalized spacial score (nSPS) is 50.2. The lowest BCUT2D eigenvalue weighted by Crippen LogP contribution is -2.67. The molecule has 112 valence electrons.